The third-order valence-electron chi connectivity index (χ3n) is 3.89. The number of carbonyl (C=O) groups excluding carboxylic acids is 2. The summed E-state index contributed by atoms with van der Waals surface area (Å²) >= 11 is 0. The Balaban J connectivity index is 2.33. The predicted octanol–water partition coefficient (Wildman–Crippen LogP) is 3.47. The molecule has 1 rings (SSSR count). The number of rotatable bonds is 12. The Morgan fingerprint density at radius 2 is 1.83 bits per heavy atom. The van der Waals surface area contributed by atoms with Crippen LogP contribution in [0.5, 0.6) is 0 Å². The molecule has 1 aromatic rings. The fraction of sp³-hybridized carbons (Fsp3) is 0.667. The van der Waals surface area contributed by atoms with Gasteiger partial charge in [0, 0.05) is 6.42 Å². The van der Waals surface area contributed by atoms with E-state index in [1.807, 2.05) is 0 Å². The van der Waals surface area contributed by atoms with Crippen LogP contribution in [0.3, 0.4) is 0 Å². The first-order valence-corrected chi connectivity index (χ1v) is 8.61. The van der Waals surface area contributed by atoms with Crippen molar-refractivity contribution in [3.05, 3.63) is 24.2 Å². The first-order chi connectivity index (χ1) is 11.1. The van der Waals surface area contributed by atoms with Crippen LogP contribution in [0.2, 0.25) is 0 Å². The maximum atomic E-state index is 12.2. The smallest absolute Gasteiger partial charge is 0.287 e. The number of unbranched alkanes of at least 4 members (excludes halogenated alkanes) is 6. The van der Waals surface area contributed by atoms with E-state index in [1.165, 1.54) is 44.9 Å². The second-order valence-corrected chi connectivity index (χ2v) is 6.01. The molecule has 0 fully saturated rings. The molecule has 130 valence electrons. The lowest BCUT2D eigenvalue weighted by Crippen LogP contribution is -2.47. The first-order valence-electron chi connectivity index (χ1n) is 8.61. The molecule has 0 aromatic carbocycles. The third-order valence-corrected chi connectivity index (χ3v) is 3.89. The zero-order valence-electron chi connectivity index (χ0n) is 14.2. The van der Waals surface area contributed by atoms with Crippen LogP contribution in [0, 0.1) is 0 Å². The van der Waals surface area contributed by atoms with Crippen LogP contribution >= 0.6 is 0 Å². The van der Waals surface area contributed by atoms with E-state index in [0.29, 0.717) is 6.42 Å². The van der Waals surface area contributed by atoms with Crippen molar-refractivity contribution in [2.24, 2.45) is 0 Å². The number of nitrogens with one attached hydrogen (secondary N) is 1. The minimum absolute atomic E-state index is 0.131. The highest BCUT2D eigenvalue weighted by atomic mass is 16.3. The van der Waals surface area contributed by atoms with Gasteiger partial charge < -0.3 is 14.8 Å². The Morgan fingerprint density at radius 3 is 2.39 bits per heavy atom. The largest absolute Gasteiger partial charge is 0.459 e. The number of aliphatic hydroxyl groups excluding tert-OH is 1. The van der Waals surface area contributed by atoms with Gasteiger partial charge in [-0.2, -0.15) is 0 Å². The van der Waals surface area contributed by atoms with E-state index in [-0.39, 0.29) is 11.5 Å². The van der Waals surface area contributed by atoms with Crippen molar-refractivity contribution in [1.82, 2.24) is 5.32 Å². The van der Waals surface area contributed by atoms with Crippen molar-refractivity contribution in [2.45, 2.75) is 77.4 Å². The standard InChI is InChI=1S/C18H29NO4/c1-3-4-5-6-7-8-9-11-15(21)17(14(2)20)19-18(22)16-12-10-13-23-16/h10,12-14,17,20H,3-9,11H2,1-2H3,(H,19,22)/t14-,17+/m1/s1. The Morgan fingerprint density at radius 1 is 1.17 bits per heavy atom. The molecule has 0 spiro atoms. The Labute approximate surface area is 138 Å². The second kappa shape index (κ2) is 11.0. The summed E-state index contributed by atoms with van der Waals surface area (Å²) in [6.45, 7) is 3.70. The summed E-state index contributed by atoms with van der Waals surface area (Å²) in [5.74, 6) is -0.471. The monoisotopic (exact) mass is 323 g/mol. The molecule has 2 N–H and O–H groups in total. The van der Waals surface area contributed by atoms with Gasteiger partial charge in [0.05, 0.1) is 12.4 Å². The molecule has 1 aromatic heterocycles. The minimum atomic E-state index is -0.925. The zero-order valence-corrected chi connectivity index (χ0v) is 14.2. The van der Waals surface area contributed by atoms with E-state index < -0.39 is 18.1 Å². The number of amides is 1. The van der Waals surface area contributed by atoms with Crippen LogP contribution in [0.1, 0.15) is 75.8 Å². The number of furan rings is 1. The third kappa shape index (κ3) is 7.46. The molecule has 0 saturated heterocycles. The van der Waals surface area contributed by atoms with Gasteiger partial charge in [-0.05, 0) is 25.5 Å². The molecule has 5 heteroatoms. The lowest BCUT2D eigenvalue weighted by Gasteiger charge is -2.19. The number of aliphatic hydroxyl groups is 1. The maximum Gasteiger partial charge on any atom is 0.287 e. The van der Waals surface area contributed by atoms with Gasteiger partial charge in [-0.25, -0.2) is 0 Å². The topological polar surface area (TPSA) is 79.5 Å². The van der Waals surface area contributed by atoms with Crippen LogP contribution in [0.25, 0.3) is 0 Å². The van der Waals surface area contributed by atoms with E-state index in [0.717, 1.165) is 19.3 Å². The molecule has 1 amide bonds. The van der Waals surface area contributed by atoms with E-state index in [2.05, 4.69) is 12.2 Å². The fourth-order valence-corrected chi connectivity index (χ4v) is 2.50. The van der Waals surface area contributed by atoms with Crippen molar-refractivity contribution in [2.75, 3.05) is 0 Å². The van der Waals surface area contributed by atoms with Gasteiger partial charge in [0.15, 0.2) is 11.5 Å². The molecule has 23 heavy (non-hydrogen) atoms. The highest BCUT2D eigenvalue weighted by Gasteiger charge is 2.26. The molecule has 0 unspecified atom stereocenters. The maximum absolute atomic E-state index is 12.2. The summed E-state index contributed by atoms with van der Waals surface area (Å²) in [7, 11) is 0. The van der Waals surface area contributed by atoms with Crippen molar-refractivity contribution < 1.29 is 19.1 Å². The average molecular weight is 323 g/mol. The summed E-state index contributed by atoms with van der Waals surface area (Å²) in [5.41, 5.74) is 0. The molecule has 0 aliphatic heterocycles. The van der Waals surface area contributed by atoms with Crippen molar-refractivity contribution >= 4 is 11.7 Å². The van der Waals surface area contributed by atoms with E-state index >= 15 is 0 Å². The summed E-state index contributed by atoms with van der Waals surface area (Å²) in [4.78, 5) is 24.2. The Kier molecular flexibility index (Phi) is 9.29. The molecule has 0 saturated carbocycles. The van der Waals surface area contributed by atoms with Crippen LogP contribution in [-0.4, -0.2) is 28.9 Å². The van der Waals surface area contributed by atoms with Gasteiger partial charge >= 0.3 is 0 Å². The van der Waals surface area contributed by atoms with Crippen molar-refractivity contribution in [3.63, 3.8) is 0 Å². The highest BCUT2D eigenvalue weighted by molar-refractivity contribution is 5.96. The molecule has 0 aliphatic carbocycles. The zero-order chi connectivity index (χ0) is 17.1. The molecule has 1 heterocycles. The highest BCUT2D eigenvalue weighted by Crippen LogP contribution is 2.11. The van der Waals surface area contributed by atoms with E-state index in [1.54, 1.807) is 6.07 Å². The number of carbonyl (C=O) groups is 2. The van der Waals surface area contributed by atoms with Gasteiger partial charge in [0.1, 0.15) is 6.04 Å². The average Bonchev–Trinajstić information content (AvgIpc) is 3.05. The van der Waals surface area contributed by atoms with Crippen molar-refractivity contribution in [3.8, 4) is 0 Å². The van der Waals surface area contributed by atoms with Crippen molar-refractivity contribution in [1.29, 1.82) is 0 Å². The summed E-state index contributed by atoms with van der Waals surface area (Å²) < 4.78 is 5.00. The second-order valence-electron chi connectivity index (χ2n) is 6.01. The molecule has 0 aliphatic rings. The lowest BCUT2D eigenvalue weighted by molar-refractivity contribution is -0.123. The molecule has 5 nitrogen and oxygen atoms in total. The first kappa shape index (κ1) is 19.4. The quantitative estimate of drug-likeness (QED) is 0.577. The number of ketones is 1. The number of hydrogen-bond donors (Lipinski definition) is 2. The van der Waals surface area contributed by atoms with Gasteiger partial charge in [-0.3, -0.25) is 9.59 Å². The Bertz CT molecular complexity index is 454. The van der Waals surface area contributed by atoms with Gasteiger partial charge in [0.25, 0.3) is 5.91 Å². The molecular formula is C18H29NO4. The summed E-state index contributed by atoms with van der Waals surface area (Å²) in [5, 5.41) is 12.3. The predicted molar refractivity (Wildman–Crippen MR) is 89.3 cm³/mol. The molecule has 0 radical (unpaired) electrons. The summed E-state index contributed by atoms with van der Waals surface area (Å²) in [6, 6.07) is 2.25. The van der Waals surface area contributed by atoms with Gasteiger partial charge in [0.2, 0.25) is 0 Å². The van der Waals surface area contributed by atoms with E-state index in [9.17, 15) is 14.7 Å². The molecule has 2 atom stereocenters. The molecular weight excluding hydrogens is 294 g/mol. The van der Waals surface area contributed by atoms with Crippen LogP contribution in [0.4, 0.5) is 0 Å². The van der Waals surface area contributed by atoms with Gasteiger partial charge in [-0.1, -0.05) is 45.4 Å². The van der Waals surface area contributed by atoms with E-state index in [4.69, 9.17) is 4.42 Å². The van der Waals surface area contributed by atoms with Crippen LogP contribution in [0.15, 0.2) is 22.8 Å². The summed E-state index contributed by atoms with van der Waals surface area (Å²) in [6.07, 6.45) is 8.73. The van der Waals surface area contributed by atoms with Crippen LogP contribution in [-0.2, 0) is 4.79 Å². The number of hydrogen-bond acceptors (Lipinski definition) is 4. The lowest BCUT2D eigenvalue weighted by atomic mass is 10.0. The minimum Gasteiger partial charge on any atom is -0.459 e. The Hall–Kier alpha value is -1.62. The molecule has 0 bridgehead atoms. The normalized spacial score (nSPS) is 13.5. The van der Waals surface area contributed by atoms with Gasteiger partial charge in [-0.15, -0.1) is 0 Å². The number of Topliss-reactive ketones (excluding diaryl/α,β-unsaturated/α-hetero) is 1. The fourth-order valence-electron chi connectivity index (χ4n) is 2.50. The van der Waals surface area contributed by atoms with Crippen LogP contribution < -0.4 is 5.32 Å². The SMILES string of the molecule is CCCCCCCCCC(=O)[C@@H](NC(=O)c1ccco1)[C@@H](C)O.